The Bertz CT molecular complexity index is 1290. The summed E-state index contributed by atoms with van der Waals surface area (Å²) in [4.78, 5) is 13.2. The number of carbonyl (C=O) groups is 1. The molecule has 0 fully saturated rings. The van der Waals surface area contributed by atoms with E-state index < -0.39 is 28.5 Å². The molecule has 1 atom stereocenters. The maximum absolute atomic E-state index is 13.5. The number of halogens is 2. The van der Waals surface area contributed by atoms with Crippen LogP contribution >= 0.6 is 23.2 Å². The third-order valence-corrected chi connectivity index (χ3v) is 7.95. The molecular weight excluding hydrogens is 511 g/mol. The first kappa shape index (κ1) is 26.7. The van der Waals surface area contributed by atoms with E-state index in [1.165, 1.54) is 25.3 Å². The van der Waals surface area contributed by atoms with Crippen LogP contribution < -0.4 is 19.1 Å². The Morgan fingerprint density at radius 2 is 1.66 bits per heavy atom. The highest BCUT2D eigenvalue weighted by molar-refractivity contribution is 7.92. The lowest BCUT2D eigenvalue weighted by Crippen LogP contribution is -2.42. The number of carbonyl (C=O) groups excluding carboxylic acids is 1. The van der Waals surface area contributed by atoms with Gasteiger partial charge in [-0.2, -0.15) is 0 Å². The van der Waals surface area contributed by atoms with E-state index in [4.69, 9.17) is 32.7 Å². The maximum atomic E-state index is 13.5. The van der Waals surface area contributed by atoms with E-state index in [9.17, 15) is 13.2 Å². The van der Waals surface area contributed by atoms with Gasteiger partial charge in [0.05, 0.1) is 40.9 Å². The molecule has 0 bridgehead atoms. The van der Waals surface area contributed by atoms with Crippen molar-refractivity contribution in [3.05, 3.63) is 82.3 Å². The molecule has 35 heavy (non-hydrogen) atoms. The molecule has 0 aliphatic carbocycles. The van der Waals surface area contributed by atoms with Crippen molar-refractivity contribution >= 4 is 44.8 Å². The largest absolute Gasteiger partial charge is 0.493 e. The highest BCUT2D eigenvalue weighted by Crippen LogP contribution is 2.35. The fourth-order valence-corrected chi connectivity index (χ4v) is 5.47. The molecule has 0 saturated heterocycles. The smallest absolute Gasteiger partial charge is 0.264 e. The molecule has 10 heteroatoms. The van der Waals surface area contributed by atoms with Crippen molar-refractivity contribution in [1.82, 2.24) is 5.32 Å². The standard InChI is InChI=1S/C25H26Cl2N2O5S/c1-4-20(17-13-14-22(33-2)23(15-17)34-3)28-24(30)16-29(21-12-8-11-19(26)25(21)27)35(31,32)18-9-6-5-7-10-18/h5-15,20H,4,16H2,1-3H3,(H,28,30). The Morgan fingerprint density at radius 3 is 2.29 bits per heavy atom. The van der Waals surface area contributed by atoms with E-state index in [0.29, 0.717) is 17.9 Å². The Morgan fingerprint density at radius 1 is 0.971 bits per heavy atom. The van der Waals surface area contributed by atoms with Gasteiger partial charge in [0.1, 0.15) is 6.54 Å². The van der Waals surface area contributed by atoms with Crippen LogP contribution in [0.25, 0.3) is 0 Å². The third-order valence-electron chi connectivity index (χ3n) is 5.37. The van der Waals surface area contributed by atoms with Gasteiger partial charge >= 0.3 is 0 Å². The molecule has 0 aliphatic heterocycles. The van der Waals surface area contributed by atoms with E-state index >= 15 is 0 Å². The van der Waals surface area contributed by atoms with E-state index in [1.54, 1.807) is 49.6 Å². The lowest BCUT2D eigenvalue weighted by molar-refractivity contribution is -0.120. The summed E-state index contributed by atoms with van der Waals surface area (Å²) in [5.74, 6) is 0.576. The van der Waals surface area contributed by atoms with E-state index in [1.807, 2.05) is 13.0 Å². The summed E-state index contributed by atoms with van der Waals surface area (Å²) in [6.07, 6.45) is 0.560. The van der Waals surface area contributed by atoms with Crippen LogP contribution in [-0.2, 0) is 14.8 Å². The number of sulfonamides is 1. The predicted octanol–water partition coefficient (Wildman–Crippen LogP) is 5.47. The highest BCUT2D eigenvalue weighted by Gasteiger charge is 2.30. The van der Waals surface area contributed by atoms with Crippen LogP contribution in [0, 0.1) is 0 Å². The second-order valence-electron chi connectivity index (χ2n) is 7.54. The van der Waals surface area contributed by atoms with Crippen LogP contribution in [0.4, 0.5) is 5.69 Å². The lowest BCUT2D eigenvalue weighted by atomic mass is 10.0. The van der Waals surface area contributed by atoms with Gasteiger partial charge < -0.3 is 14.8 Å². The fourth-order valence-electron chi connectivity index (χ4n) is 3.57. The summed E-state index contributed by atoms with van der Waals surface area (Å²) in [6, 6.07) is 17.4. The number of hydrogen-bond donors (Lipinski definition) is 1. The summed E-state index contributed by atoms with van der Waals surface area (Å²) < 4.78 is 38.7. The first-order chi connectivity index (χ1) is 16.7. The van der Waals surface area contributed by atoms with Crippen molar-refractivity contribution in [3.8, 4) is 11.5 Å². The van der Waals surface area contributed by atoms with Gasteiger partial charge in [-0.25, -0.2) is 8.42 Å². The summed E-state index contributed by atoms with van der Waals surface area (Å²) in [6.45, 7) is 1.41. The van der Waals surface area contributed by atoms with Crippen molar-refractivity contribution < 1.29 is 22.7 Å². The van der Waals surface area contributed by atoms with Crippen molar-refractivity contribution in [2.24, 2.45) is 0 Å². The summed E-state index contributed by atoms with van der Waals surface area (Å²) in [7, 11) is -1.05. The van der Waals surface area contributed by atoms with Gasteiger partial charge in [0, 0.05) is 0 Å². The zero-order valence-electron chi connectivity index (χ0n) is 19.5. The maximum Gasteiger partial charge on any atom is 0.264 e. The molecule has 0 aliphatic rings. The van der Waals surface area contributed by atoms with Gasteiger partial charge in [-0.3, -0.25) is 9.10 Å². The normalized spacial score (nSPS) is 12.0. The predicted molar refractivity (Wildman–Crippen MR) is 138 cm³/mol. The van der Waals surface area contributed by atoms with Crippen molar-refractivity contribution in [2.75, 3.05) is 25.1 Å². The summed E-state index contributed by atoms with van der Waals surface area (Å²) in [5, 5.41) is 3.12. The second kappa shape index (κ2) is 11.7. The van der Waals surface area contributed by atoms with Gasteiger partial charge in [0.15, 0.2) is 11.5 Å². The lowest BCUT2D eigenvalue weighted by Gasteiger charge is -2.26. The molecule has 1 unspecified atom stereocenters. The molecule has 7 nitrogen and oxygen atoms in total. The van der Waals surface area contributed by atoms with Crippen LogP contribution in [-0.4, -0.2) is 35.1 Å². The number of nitrogens with zero attached hydrogens (tertiary/aromatic N) is 1. The number of nitrogens with one attached hydrogen (secondary N) is 1. The number of amides is 1. The molecule has 3 rings (SSSR count). The van der Waals surface area contributed by atoms with Crippen LogP contribution in [0.1, 0.15) is 24.9 Å². The molecule has 3 aromatic carbocycles. The van der Waals surface area contributed by atoms with Crippen molar-refractivity contribution in [1.29, 1.82) is 0 Å². The topological polar surface area (TPSA) is 84.9 Å². The number of ether oxygens (including phenoxy) is 2. The van der Waals surface area contributed by atoms with E-state index in [0.717, 1.165) is 9.87 Å². The van der Waals surface area contributed by atoms with Gasteiger partial charge in [-0.15, -0.1) is 0 Å². The average molecular weight is 537 g/mol. The van der Waals surface area contributed by atoms with Crippen LogP contribution in [0.5, 0.6) is 11.5 Å². The molecular formula is C25H26Cl2N2O5S. The molecule has 3 aromatic rings. The SMILES string of the molecule is CCC(NC(=O)CN(c1cccc(Cl)c1Cl)S(=O)(=O)c1ccccc1)c1ccc(OC)c(OC)c1. The minimum atomic E-state index is -4.12. The Balaban J connectivity index is 1.94. The molecule has 0 radical (unpaired) electrons. The van der Waals surface area contributed by atoms with Gasteiger partial charge in [-0.05, 0) is 48.4 Å². The van der Waals surface area contributed by atoms with E-state index in [2.05, 4.69) is 5.32 Å². The average Bonchev–Trinajstić information content (AvgIpc) is 2.87. The molecule has 0 aromatic heterocycles. The molecule has 0 spiro atoms. The molecule has 1 N–H and O–H groups in total. The number of benzene rings is 3. The quantitative estimate of drug-likeness (QED) is 0.371. The fraction of sp³-hybridized carbons (Fsp3) is 0.240. The Hall–Kier alpha value is -2.94. The Labute approximate surface area is 215 Å². The van der Waals surface area contributed by atoms with Gasteiger partial charge in [-0.1, -0.05) is 60.5 Å². The molecule has 0 saturated carbocycles. The number of anilines is 1. The molecule has 186 valence electrons. The minimum absolute atomic E-state index is 0.0239. The highest BCUT2D eigenvalue weighted by atomic mass is 35.5. The Kier molecular flexibility index (Phi) is 8.88. The van der Waals surface area contributed by atoms with Crippen LogP contribution in [0.3, 0.4) is 0 Å². The van der Waals surface area contributed by atoms with E-state index in [-0.39, 0.29) is 20.6 Å². The zero-order valence-corrected chi connectivity index (χ0v) is 21.8. The zero-order chi connectivity index (χ0) is 25.6. The minimum Gasteiger partial charge on any atom is -0.493 e. The summed E-state index contributed by atoms with van der Waals surface area (Å²) in [5.41, 5.74) is 0.897. The van der Waals surface area contributed by atoms with Crippen molar-refractivity contribution in [3.63, 3.8) is 0 Å². The number of hydrogen-bond acceptors (Lipinski definition) is 5. The number of rotatable bonds is 10. The van der Waals surface area contributed by atoms with Crippen molar-refractivity contribution in [2.45, 2.75) is 24.3 Å². The first-order valence-electron chi connectivity index (χ1n) is 10.8. The van der Waals surface area contributed by atoms with Crippen LogP contribution in [0.2, 0.25) is 10.0 Å². The third kappa shape index (κ3) is 6.01. The molecule has 1 amide bonds. The second-order valence-corrected chi connectivity index (χ2v) is 10.2. The van der Waals surface area contributed by atoms with Crippen LogP contribution in [0.15, 0.2) is 71.6 Å². The van der Waals surface area contributed by atoms with Gasteiger partial charge in [0.2, 0.25) is 5.91 Å². The van der Waals surface area contributed by atoms with Gasteiger partial charge in [0.25, 0.3) is 10.0 Å². The summed E-state index contributed by atoms with van der Waals surface area (Å²) >= 11 is 12.5. The monoisotopic (exact) mass is 536 g/mol. The first-order valence-corrected chi connectivity index (χ1v) is 13.0. The number of methoxy groups -OCH3 is 2. The molecule has 0 heterocycles.